The van der Waals surface area contributed by atoms with E-state index in [0.717, 1.165) is 0 Å². The Morgan fingerprint density at radius 2 is 2.22 bits per heavy atom. The minimum absolute atomic E-state index is 0.0341. The monoisotopic (exact) mass is 266 g/mol. The summed E-state index contributed by atoms with van der Waals surface area (Å²) < 4.78 is 0. The van der Waals surface area contributed by atoms with Crippen LogP contribution in [0.15, 0.2) is 24.3 Å². The molecule has 1 amide bonds. The first-order chi connectivity index (χ1) is 8.65. The Morgan fingerprint density at radius 3 is 3.00 bits per heavy atom. The second-order valence-electron chi connectivity index (χ2n) is 4.31. The highest BCUT2D eigenvalue weighted by atomic mass is 35.5. The van der Waals surface area contributed by atoms with Crippen LogP contribution in [-0.2, 0) is 4.79 Å². The van der Waals surface area contributed by atoms with E-state index in [9.17, 15) is 9.59 Å². The summed E-state index contributed by atoms with van der Waals surface area (Å²) in [6.45, 7) is 2.26. The first-order valence-corrected chi connectivity index (χ1v) is 6.31. The Balaban J connectivity index is 1.96. The molecule has 96 valence electrons. The Kier molecular flexibility index (Phi) is 4.33. The topological polar surface area (TPSA) is 49.4 Å². The van der Waals surface area contributed by atoms with E-state index in [0.29, 0.717) is 43.2 Å². The maximum Gasteiger partial charge on any atom is 0.221 e. The summed E-state index contributed by atoms with van der Waals surface area (Å²) in [6, 6.07) is 6.94. The molecule has 1 aliphatic heterocycles. The van der Waals surface area contributed by atoms with Gasteiger partial charge < -0.3 is 5.32 Å². The van der Waals surface area contributed by atoms with Crippen LogP contribution in [0.1, 0.15) is 16.8 Å². The molecule has 0 atom stereocenters. The quantitative estimate of drug-likeness (QED) is 0.840. The van der Waals surface area contributed by atoms with E-state index in [2.05, 4.69) is 5.32 Å². The van der Waals surface area contributed by atoms with Gasteiger partial charge in [-0.3, -0.25) is 14.5 Å². The van der Waals surface area contributed by atoms with E-state index in [1.54, 1.807) is 24.3 Å². The van der Waals surface area contributed by atoms with Gasteiger partial charge in [-0.15, -0.1) is 0 Å². The highest BCUT2D eigenvalue weighted by Crippen LogP contribution is 2.12. The Bertz CT molecular complexity index is 462. The van der Waals surface area contributed by atoms with Crippen LogP contribution < -0.4 is 5.32 Å². The van der Waals surface area contributed by atoms with E-state index in [1.165, 1.54) is 0 Å². The third-order valence-corrected chi connectivity index (χ3v) is 3.15. The number of rotatable bonds is 3. The number of benzene rings is 1. The molecule has 1 fully saturated rings. The number of hydrogen-bond acceptors (Lipinski definition) is 3. The van der Waals surface area contributed by atoms with Gasteiger partial charge in [0.25, 0.3) is 0 Å². The van der Waals surface area contributed by atoms with Gasteiger partial charge in [0.05, 0.1) is 6.54 Å². The smallest absolute Gasteiger partial charge is 0.221 e. The lowest BCUT2D eigenvalue weighted by atomic mass is 10.1. The van der Waals surface area contributed by atoms with Gasteiger partial charge in [-0.1, -0.05) is 23.7 Å². The molecule has 1 N–H and O–H groups in total. The fourth-order valence-corrected chi connectivity index (χ4v) is 2.12. The van der Waals surface area contributed by atoms with Crippen LogP contribution in [-0.4, -0.2) is 42.8 Å². The van der Waals surface area contributed by atoms with Crippen LogP contribution >= 0.6 is 11.6 Å². The largest absolute Gasteiger partial charge is 0.355 e. The lowest BCUT2D eigenvalue weighted by molar-refractivity contribution is -0.120. The van der Waals surface area contributed by atoms with E-state index < -0.39 is 0 Å². The number of nitrogens with one attached hydrogen (secondary N) is 1. The zero-order valence-electron chi connectivity index (χ0n) is 9.99. The van der Waals surface area contributed by atoms with E-state index in [4.69, 9.17) is 11.6 Å². The van der Waals surface area contributed by atoms with Gasteiger partial charge in [0.2, 0.25) is 5.91 Å². The van der Waals surface area contributed by atoms with Crippen molar-refractivity contribution < 1.29 is 9.59 Å². The molecule has 2 rings (SSSR count). The average molecular weight is 267 g/mol. The van der Waals surface area contributed by atoms with Crippen molar-refractivity contribution in [2.24, 2.45) is 0 Å². The molecule has 1 saturated heterocycles. The number of ketones is 1. The predicted octanol–water partition coefficient (Wildman–Crippen LogP) is 1.34. The van der Waals surface area contributed by atoms with Gasteiger partial charge >= 0.3 is 0 Å². The highest BCUT2D eigenvalue weighted by Gasteiger charge is 2.16. The van der Waals surface area contributed by atoms with E-state index in [-0.39, 0.29) is 11.7 Å². The molecule has 18 heavy (non-hydrogen) atoms. The molecular formula is C13H15ClN2O2. The highest BCUT2D eigenvalue weighted by molar-refractivity contribution is 6.31. The molecule has 1 aromatic rings. The number of hydrogen-bond donors (Lipinski definition) is 1. The maximum atomic E-state index is 12.1. The Morgan fingerprint density at radius 1 is 1.39 bits per heavy atom. The zero-order valence-corrected chi connectivity index (χ0v) is 10.7. The average Bonchev–Trinajstić information content (AvgIpc) is 2.54. The predicted molar refractivity (Wildman–Crippen MR) is 69.8 cm³/mol. The molecule has 0 saturated carbocycles. The summed E-state index contributed by atoms with van der Waals surface area (Å²) in [6.07, 6.45) is 0.447. The molecule has 4 nitrogen and oxygen atoms in total. The van der Waals surface area contributed by atoms with Gasteiger partial charge in [0, 0.05) is 36.6 Å². The van der Waals surface area contributed by atoms with Gasteiger partial charge in [-0.05, 0) is 12.1 Å². The van der Waals surface area contributed by atoms with Crippen molar-refractivity contribution in [1.82, 2.24) is 10.2 Å². The normalized spacial score (nSPS) is 17.1. The minimum Gasteiger partial charge on any atom is -0.355 e. The summed E-state index contributed by atoms with van der Waals surface area (Å²) in [4.78, 5) is 25.2. The number of nitrogens with zero attached hydrogens (tertiary/aromatic N) is 1. The van der Waals surface area contributed by atoms with Crippen LogP contribution in [0.3, 0.4) is 0 Å². The summed E-state index contributed by atoms with van der Waals surface area (Å²) in [5.74, 6) is 0.0829. The first-order valence-electron chi connectivity index (χ1n) is 5.93. The van der Waals surface area contributed by atoms with E-state index in [1.807, 2.05) is 4.90 Å². The minimum atomic E-state index is 0.0341. The van der Waals surface area contributed by atoms with Crippen molar-refractivity contribution in [2.45, 2.75) is 6.42 Å². The van der Waals surface area contributed by atoms with Crippen molar-refractivity contribution in [3.05, 3.63) is 34.9 Å². The van der Waals surface area contributed by atoms with Crippen molar-refractivity contribution in [1.29, 1.82) is 0 Å². The van der Waals surface area contributed by atoms with Crippen LogP contribution in [0.5, 0.6) is 0 Å². The third-order valence-electron chi connectivity index (χ3n) is 2.92. The lowest BCUT2D eigenvalue weighted by Crippen LogP contribution is -2.33. The fourth-order valence-electron chi connectivity index (χ4n) is 1.93. The summed E-state index contributed by atoms with van der Waals surface area (Å²) in [5.41, 5.74) is 0.617. The Hall–Kier alpha value is -1.39. The molecule has 0 aliphatic carbocycles. The number of Topliss-reactive ketones (excluding diaryl/α,β-unsaturated/α-hetero) is 1. The third kappa shape index (κ3) is 3.55. The second-order valence-corrected chi connectivity index (χ2v) is 4.75. The molecule has 0 aromatic heterocycles. The lowest BCUT2D eigenvalue weighted by Gasteiger charge is -2.17. The molecule has 1 heterocycles. The van der Waals surface area contributed by atoms with Crippen LogP contribution in [0.25, 0.3) is 0 Å². The van der Waals surface area contributed by atoms with E-state index >= 15 is 0 Å². The molecule has 1 aromatic carbocycles. The van der Waals surface area contributed by atoms with Crippen LogP contribution in [0.2, 0.25) is 5.02 Å². The van der Waals surface area contributed by atoms with Gasteiger partial charge in [0.1, 0.15) is 0 Å². The maximum absolute atomic E-state index is 12.1. The number of amides is 1. The molecular weight excluding hydrogens is 252 g/mol. The molecule has 0 spiro atoms. The van der Waals surface area contributed by atoms with Crippen molar-refractivity contribution in [3.8, 4) is 0 Å². The molecule has 0 bridgehead atoms. The summed E-state index contributed by atoms with van der Waals surface area (Å²) in [5, 5.41) is 3.35. The van der Waals surface area contributed by atoms with Crippen molar-refractivity contribution in [3.63, 3.8) is 0 Å². The fraction of sp³-hybridized carbons (Fsp3) is 0.385. The van der Waals surface area contributed by atoms with Crippen LogP contribution in [0, 0.1) is 0 Å². The standard InChI is InChI=1S/C13H15ClN2O2/c14-11-3-1-2-10(8-11)12(17)9-16-6-4-13(18)15-5-7-16/h1-3,8H,4-7,9H2,(H,15,18). The van der Waals surface area contributed by atoms with Crippen LogP contribution in [0.4, 0.5) is 0 Å². The molecule has 0 unspecified atom stereocenters. The van der Waals surface area contributed by atoms with Gasteiger partial charge in [-0.2, -0.15) is 0 Å². The summed E-state index contributed by atoms with van der Waals surface area (Å²) in [7, 11) is 0. The van der Waals surface area contributed by atoms with Crippen molar-refractivity contribution in [2.75, 3.05) is 26.2 Å². The number of halogens is 1. The number of carbonyl (C=O) groups is 2. The molecule has 5 heteroatoms. The number of carbonyl (C=O) groups excluding carboxylic acids is 2. The first kappa shape index (κ1) is 13.1. The van der Waals surface area contributed by atoms with Gasteiger partial charge in [0.15, 0.2) is 5.78 Å². The zero-order chi connectivity index (χ0) is 13.0. The molecule has 1 aliphatic rings. The molecule has 0 radical (unpaired) electrons. The summed E-state index contributed by atoms with van der Waals surface area (Å²) >= 11 is 5.86. The second kappa shape index (κ2) is 5.98. The van der Waals surface area contributed by atoms with Gasteiger partial charge in [-0.25, -0.2) is 0 Å². The SMILES string of the molecule is O=C1CCN(CC(=O)c2cccc(Cl)c2)CCN1. The van der Waals surface area contributed by atoms with Crippen molar-refractivity contribution >= 4 is 23.3 Å². The Labute approximate surface area is 111 Å².